The van der Waals surface area contributed by atoms with E-state index in [1.165, 1.54) is 30.5 Å². The van der Waals surface area contributed by atoms with E-state index in [9.17, 15) is 27.2 Å². The fourth-order valence-electron chi connectivity index (χ4n) is 5.93. The Balaban J connectivity index is 1.09. The molecule has 2 saturated heterocycles. The van der Waals surface area contributed by atoms with E-state index in [0.717, 1.165) is 12.0 Å². The molecular formula is C33H33F4N7O4. The molecule has 2 aliphatic rings. The normalized spacial score (nSPS) is 16.9. The maximum Gasteiger partial charge on any atom is 0.437 e. The summed E-state index contributed by atoms with van der Waals surface area (Å²) in [5, 5.41) is 5.00. The van der Waals surface area contributed by atoms with Crippen LogP contribution in [0.15, 0.2) is 71.3 Å². The highest BCUT2D eigenvalue weighted by Crippen LogP contribution is 2.38. The Kier molecular flexibility index (Phi) is 9.37. The lowest BCUT2D eigenvalue weighted by Crippen LogP contribution is -2.50. The summed E-state index contributed by atoms with van der Waals surface area (Å²) < 4.78 is 67.0. The minimum atomic E-state index is -4.93. The van der Waals surface area contributed by atoms with Crippen LogP contribution < -0.4 is 25.2 Å². The summed E-state index contributed by atoms with van der Waals surface area (Å²) in [5.41, 5.74) is -0.214. The molecule has 4 aromatic rings. The number of hydrogen-bond donors (Lipinski definition) is 2. The molecule has 2 aliphatic heterocycles. The molecule has 3 amide bonds. The van der Waals surface area contributed by atoms with Gasteiger partial charge in [-0.25, -0.2) is 14.2 Å². The van der Waals surface area contributed by atoms with E-state index >= 15 is 0 Å². The topological polar surface area (TPSA) is 116 Å². The lowest BCUT2D eigenvalue weighted by molar-refractivity contribution is -0.141. The van der Waals surface area contributed by atoms with Crippen molar-refractivity contribution in [1.29, 1.82) is 0 Å². The minimum Gasteiger partial charge on any atom is -0.496 e. The molecule has 0 saturated carbocycles. The van der Waals surface area contributed by atoms with Gasteiger partial charge in [-0.2, -0.15) is 18.2 Å². The highest BCUT2D eigenvalue weighted by molar-refractivity contribution is 6.03. The van der Waals surface area contributed by atoms with Gasteiger partial charge in [-0.1, -0.05) is 30.3 Å². The van der Waals surface area contributed by atoms with Crippen LogP contribution in [-0.4, -0.2) is 73.2 Å². The summed E-state index contributed by atoms with van der Waals surface area (Å²) >= 11 is 0. The maximum absolute atomic E-state index is 14.0. The monoisotopic (exact) mass is 667 g/mol. The second-order valence-corrected chi connectivity index (χ2v) is 11.4. The first kappa shape index (κ1) is 32.6. The number of halogens is 4. The predicted octanol–water partition coefficient (Wildman–Crippen LogP) is 6.23. The number of para-hydroxylation sites is 2. The van der Waals surface area contributed by atoms with Crippen molar-refractivity contribution >= 4 is 35.1 Å². The van der Waals surface area contributed by atoms with Crippen molar-refractivity contribution in [3.05, 3.63) is 89.7 Å². The van der Waals surface area contributed by atoms with E-state index < -0.39 is 35.4 Å². The van der Waals surface area contributed by atoms with Crippen LogP contribution in [0.1, 0.15) is 40.6 Å². The molecule has 2 fully saturated rings. The zero-order chi connectivity index (χ0) is 33.8. The van der Waals surface area contributed by atoms with E-state index in [4.69, 9.17) is 9.15 Å². The Morgan fingerprint density at radius 1 is 0.938 bits per heavy atom. The summed E-state index contributed by atoms with van der Waals surface area (Å²) in [4.78, 5) is 38.9. The number of ether oxygens (including phenoxy) is 1. The third-order valence-corrected chi connectivity index (χ3v) is 8.37. The van der Waals surface area contributed by atoms with Crippen LogP contribution >= 0.6 is 0 Å². The Bertz CT molecular complexity index is 1760. The summed E-state index contributed by atoms with van der Waals surface area (Å²) in [6, 6.07) is 15.8. The number of benzene rings is 2. The molecule has 48 heavy (non-hydrogen) atoms. The summed E-state index contributed by atoms with van der Waals surface area (Å²) in [6.45, 7) is 2.34. The number of methoxy groups -OCH3 is 1. The van der Waals surface area contributed by atoms with Gasteiger partial charge in [0.05, 0.1) is 24.7 Å². The number of alkyl halides is 3. The van der Waals surface area contributed by atoms with Gasteiger partial charge in [0.15, 0.2) is 5.69 Å². The van der Waals surface area contributed by atoms with Gasteiger partial charge in [0.1, 0.15) is 17.4 Å². The zero-order valence-corrected chi connectivity index (χ0v) is 26.0. The Morgan fingerprint density at radius 3 is 2.40 bits per heavy atom. The number of carbonyl (C=O) groups excluding carboxylic acids is 2. The van der Waals surface area contributed by atoms with Gasteiger partial charge in [-0.05, 0) is 48.7 Å². The van der Waals surface area contributed by atoms with Gasteiger partial charge in [-0.15, -0.1) is 0 Å². The number of piperidine rings is 1. The number of aromatic nitrogens is 2. The molecule has 0 spiro atoms. The molecule has 6 rings (SSSR count). The number of rotatable bonds is 7. The average molecular weight is 668 g/mol. The van der Waals surface area contributed by atoms with Crippen molar-refractivity contribution in [2.24, 2.45) is 0 Å². The highest BCUT2D eigenvalue weighted by atomic mass is 19.4. The summed E-state index contributed by atoms with van der Waals surface area (Å²) in [6.07, 6.45) is -2.11. The molecule has 15 heteroatoms. The standard InChI is InChI=1S/C33H33F4N7O4/c1-47-26-11-5-2-8-23(26)21-7-6-14-44(20-21)32-41-29(33(35,36)37)28(48-32)30(45)39-22-12-13-27(38-19-22)42-15-17-43(18-16-42)31(46)40-25-10-4-3-9-24(25)34/h2-5,8-13,19,21H,6-7,14-18,20H2,1H3,(H,39,45)(H,40,46). The Morgan fingerprint density at radius 2 is 1.69 bits per heavy atom. The summed E-state index contributed by atoms with van der Waals surface area (Å²) in [7, 11) is 1.57. The number of nitrogens with zero attached hydrogens (tertiary/aromatic N) is 5. The predicted molar refractivity (Wildman–Crippen MR) is 170 cm³/mol. The smallest absolute Gasteiger partial charge is 0.437 e. The van der Waals surface area contributed by atoms with Crippen molar-refractivity contribution in [1.82, 2.24) is 14.9 Å². The number of amides is 3. The van der Waals surface area contributed by atoms with Gasteiger partial charge in [0.2, 0.25) is 5.76 Å². The molecule has 4 heterocycles. The highest BCUT2D eigenvalue weighted by Gasteiger charge is 2.42. The van der Waals surface area contributed by atoms with Crippen molar-refractivity contribution in [2.45, 2.75) is 24.9 Å². The fourth-order valence-corrected chi connectivity index (χ4v) is 5.93. The zero-order valence-electron chi connectivity index (χ0n) is 26.0. The van der Waals surface area contributed by atoms with Gasteiger partial charge in [0.25, 0.3) is 11.9 Å². The third kappa shape index (κ3) is 7.14. The van der Waals surface area contributed by atoms with Gasteiger partial charge in [-0.3, -0.25) is 4.79 Å². The number of carbonyl (C=O) groups is 2. The van der Waals surface area contributed by atoms with Crippen molar-refractivity contribution in [3.63, 3.8) is 0 Å². The van der Waals surface area contributed by atoms with Crippen molar-refractivity contribution in [2.75, 3.05) is 66.8 Å². The first-order chi connectivity index (χ1) is 23.1. The van der Waals surface area contributed by atoms with E-state index in [-0.39, 0.29) is 23.3 Å². The number of nitrogens with one attached hydrogen (secondary N) is 2. The molecule has 252 valence electrons. The SMILES string of the molecule is COc1ccccc1C1CCCN(c2nc(C(F)(F)F)c(C(=O)Nc3ccc(N4CCN(C(=O)Nc5ccccc5F)CC4)nc3)o2)C1. The molecule has 0 radical (unpaired) electrons. The number of anilines is 4. The van der Waals surface area contributed by atoms with E-state index in [2.05, 4.69) is 20.6 Å². The van der Waals surface area contributed by atoms with Gasteiger partial charge < -0.3 is 34.5 Å². The van der Waals surface area contributed by atoms with Gasteiger partial charge >= 0.3 is 12.2 Å². The Hall–Kier alpha value is -5.34. The molecule has 2 aromatic carbocycles. The number of hydrogen-bond acceptors (Lipinski definition) is 8. The van der Waals surface area contributed by atoms with Crippen LogP contribution in [-0.2, 0) is 6.18 Å². The van der Waals surface area contributed by atoms with E-state index in [0.29, 0.717) is 57.3 Å². The van der Waals surface area contributed by atoms with Crippen LogP contribution in [0.25, 0.3) is 0 Å². The molecule has 2 N–H and O–H groups in total. The second kappa shape index (κ2) is 13.8. The Labute approximate surface area is 273 Å². The van der Waals surface area contributed by atoms with Crippen LogP contribution in [0, 0.1) is 5.82 Å². The number of urea groups is 1. The number of pyridine rings is 1. The fraction of sp³-hybridized carbons (Fsp3) is 0.333. The number of piperazine rings is 1. The second-order valence-electron chi connectivity index (χ2n) is 11.4. The number of oxazole rings is 1. The average Bonchev–Trinajstić information content (AvgIpc) is 3.57. The van der Waals surface area contributed by atoms with E-state index in [1.807, 2.05) is 29.2 Å². The molecule has 2 aromatic heterocycles. The lowest BCUT2D eigenvalue weighted by Gasteiger charge is -2.35. The first-order valence-electron chi connectivity index (χ1n) is 15.4. The van der Waals surface area contributed by atoms with Crippen LogP contribution in [0.5, 0.6) is 5.75 Å². The van der Waals surface area contributed by atoms with Gasteiger partial charge in [0, 0.05) is 45.2 Å². The molecule has 1 unspecified atom stereocenters. The van der Waals surface area contributed by atoms with Crippen LogP contribution in [0.2, 0.25) is 0 Å². The lowest BCUT2D eigenvalue weighted by atomic mass is 9.90. The third-order valence-electron chi connectivity index (χ3n) is 8.37. The largest absolute Gasteiger partial charge is 0.496 e. The first-order valence-corrected chi connectivity index (χ1v) is 15.4. The van der Waals surface area contributed by atoms with Crippen LogP contribution in [0.4, 0.5) is 45.6 Å². The molecular weight excluding hydrogens is 634 g/mol. The molecule has 0 bridgehead atoms. The minimum absolute atomic E-state index is 0.0306. The van der Waals surface area contributed by atoms with Crippen molar-refractivity contribution < 1.29 is 36.3 Å². The van der Waals surface area contributed by atoms with Crippen molar-refractivity contribution in [3.8, 4) is 5.75 Å². The van der Waals surface area contributed by atoms with E-state index in [1.54, 1.807) is 29.0 Å². The quantitative estimate of drug-likeness (QED) is 0.223. The molecule has 1 atom stereocenters. The summed E-state index contributed by atoms with van der Waals surface area (Å²) in [5.74, 6) is -1.36. The van der Waals surface area contributed by atoms with Crippen LogP contribution in [0.3, 0.4) is 0 Å². The maximum atomic E-state index is 14.0. The molecule has 0 aliphatic carbocycles. The molecule has 11 nitrogen and oxygen atoms in total.